The quantitative estimate of drug-likeness (QED) is 0.547. The van der Waals surface area contributed by atoms with E-state index in [-0.39, 0.29) is 5.91 Å². The lowest BCUT2D eigenvalue weighted by Gasteiger charge is -2.09. The largest absolute Gasteiger partial charge is 0.360 e. The number of hydrogen-bond donors (Lipinski definition) is 3. The number of rotatable bonds is 7. The van der Waals surface area contributed by atoms with Gasteiger partial charge in [-0.2, -0.15) is 0 Å². The molecule has 3 rings (SSSR count). The molecule has 1 aromatic heterocycles. The molecule has 1 heterocycles. The van der Waals surface area contributed by atoms with Gasteiger partial charge in [-0.15, -0.1) is 0 Å². The van der Waals surface area contributed by atoms with Crippen molar-refractivity contribution in [1.82, 2.24) is 10.3 Å². The molecule has 8 heteroatoms. The molecule has 0 fully saturated rings. The molecule has 3 aromatic rings. The molecule has 0 radical (unpaired) electrons. The lowest BCUT2D eigenvalue weighted by atomic mass is 10.1. The van der Waals surface area contributed by atoms with Gasteiger partial charge in [0.25, 0.3) is 5.91 Å². The maximum atomic E-state index is 12.4. The maximum absolute atomic E-state index is 12.4. The fraction of sp³-hybridized carbons (Fsp3) is 0.150. The van der Waals surface area contributed by atoms with Crippen molar-refractivity contribution >= 4 is 33.2 Å². The molecule has 1 amide bonds. The summed E-state index contributed by atoms with van der Waals surface area (Å²) in [5, 5.41) is 3.28. The van der Waals surface area contributed by atoms with Crippen LogP contribution in [-0.2, 0) is 16.4 Å². The number of carbonyl (C=O) groups excluding carboxylic acids is 1. The monoisotopic (exact) mass is 417 g/mol. The summed E-state index contributed by atoms with van der Waals surface area (Å²) in [4.78, 5) is 15.5. The van der Waals surface area contributed by atoms with Crippen molar-refractivity contribution in [2.45, 2.75) is 6.42 Å². The van der Waals surface area contributed by atoms with Crippen LogP contribution in [0.15, 0.2) is 60.8 Å². The standard InChI is InChI=1S/C20H20ClN3O3S/c1-28(26,27)24-18-10-14(9-17(21)12-18)7-8-22-20(25)16-11-19(23-13-16)15-5-3-2-4-6-15/h2-6,9-13,23-24H,7-8H2,1H3,(H,22,25). The average Bonchev–Trinajstić information content (AvgIpc) is 3.10. The van der Waals surface area contributed by atoms with E-state index >= 15 is 0 Å². The van der Waals surface area contributed by atoms with Gasteiger partial charge in [-0.3, -0.25) is 9.52 Å². The Labute approximate surface area is 169 Å². The van der Waals surface area contributed by atoms with Crippen LogP contribution in [0.4, 0.5) is 5.69 Å². The van der Waals surface area contributed by atoms with Gasteiger partial charge >= 0.3 is 0 Å². The average molecular weight is 418 g/mol. The van der Waals surface area contributed by atoms with Gasteiger partial charge in [-0.25, -0.2) is 8.42 Å². The van der Waals surface area contributed by atoms with E-state index in [1.54, 1.807) is 24.4 Å². The number of amides is 1. The second kappa shape index (κ2) is 8.50. The van der Waals surface area contributed by atoms with Crippen LogP contribution in [0, 0.1) is 0 Å². The third-order valence-electron chi connectivity index (χ3n) is 3.99. The molecular weight excluding hydrogens is 398 g/mol. The Morgan fingerprint density at radius 1 is 1.11 bits per heavy atom. The third kappa shape index (κ3) is 5.61. The fourth-order valence-electron chi connectivity index (χ4n) is 2.80. The molecule has 2 aromatic carbocycles. The number of H-pyrrole nitrogens is 1. The Balaban J connectivity index is 1.59. The van der Waals surface area contributed by atoms with Crippen LogP contribution in [0.25, 0.3) is 11.3 Å². The first-order valence-electron chi connectivity index (χ1n) is 8.59. The number of anilines is 1. The molecule has 0 atom stereocenters. The highest BCUT2D eigenvalue weighted by atomic mass is 35.5. The van der Waals surface area contributed by atoms with Crippen molar-refractivity contribution in [3.8, 4) is 11.3 Å². The van der Waals surface area contributed by atoms with E-state index in [0.717, 1.165) is 23.1 Å². The SMILES string of the molecule is CS(=O)(=O)Nc1cc(Cl)cc(CCNC(=O)c2c[nH]c(-c3ccccc3)c2)c1. The number of aromatic amines is 1. The molecular formula is C20H20ClN3O3S. The Morgan fingerprint density at radius 2 is 1.86 bits per heavy atom. The van der Waals surface area contributed by atoms with Crippen LogP contribution in [-0.4, -0.2) is 32.1 Å². The minimum Gasteiger partial charge on any atom is -0.360 e. The summed E-state index contributed by atoms with van der Waals surface area (Å²) in [5.74, 6) is -0.185. The molecule has 0 saturated carbocycles. The summed E-state index contributed by atoms with van der Waals surface area (Å²) in [6.45, 7) is 0.392. The van der Waals surface area contributed by atoms with Gasteiger partial charge in [-0.05, 0) is 41.8 Å². The van der Waals surface area contributed by atoms with Crippen molar-refractivity contribution < 1.29 is 13.2 Å². The molecule has 0 bridgehead atoms. The van der Waals surface area contributed by atoms with Crippen molar-refractivity contribution in [3.05, 3.63) is 76.9 Å². The Bertz CT molecular complexity index is 1080. The summed E-state index contributed by atoms with van der Waals surface area (Å²) < 4.78 is 25.1. The lowest BCUT2D eigenvalue weighted by molar-refractivity contribution is 0.0954. The van der Waals surface area contributed by atoms with Crippen LogP contribution in [0.1, 0.15) is 15.9 Å². The Morgan fingerprint density at radius 3 is 2.57 bits per heavy atom. The first kappa shape index (κ1) is 20.0. The molecule has 0 aliphatic heterocycles. The van der Waals surface area contributed by atoms with E-state index in [0.29, 0.717) is 29.2 Å². The van der Waals surface area contributed by atoms with E-state index in [2.05, 4.69) is 15.0 Å². The van der Waals surface area contributed by atoms with E-state index in [9.17, 15) is 13.2 Å². The van der Waals surface area contributed by atoms with Crippen molar-refractivity contribution in [3.63, 3.8) is 0 Å². The zero-order chi connectivity index (χ0) is 20.1. The molecule has 3 N–H and O–H groups in total. The lowest BCUT2D eigenvalue weighted by Crippen LogP contribution is -2.25. The molecule has 0 aliphatic rings. The first-order valence-corrected chi connectivity index (χ1v) is 10.9. The van der Waals surface area contributed by atoms with E-state index in [1.165, 1.54) is 6.07 Å². The van der Waals surface area contributed by atoms with Crippen molar-refractivity contribution in [1.29, 1.82) is 0 Å². The van der Waals surface area contributed by atoms with Gasteiger partial charge in [-0.1, -0.05) is 41.9 Å². The molecule has 0 unspecified atom stereocenters. The van der Waals surface area contributed by atoms with Crippen LogP contribution in [0.3, 0.4) is 0 Å². The van der Waals surface area contributed by atoms with Crippen LogP contribution < -0.4 is 10.0 Å². The van der Waals surface area contributed by atoms with Gasteiger partial charge in [0.05, 0.1) is 17.5 Å². The predicted octanol–water partition coefficient (Wildman–Crippen LogP) is 3.68. The van der Waals surface area contributed by atoms with Gasteiger partial charge < -0.3 is 10.3 Å². The van der Waals surface area contributed by atoms with Crippen LogP contribution in [0.2, 0.25) is 5.02 Å². The summed E-state index contributed by atoms with van der Waals surface area (Å²) in [7, 11) is -3.38. The van der Waals surface area contributed by atoms with Crippen molar-refractivity contribution in [2.24, 2.45) is 0 Å². The minimum atomic E-state index is -3.38. The molecule has 0 aliphatic carbocycles. The zero-order valence-electron chi connectivity index (χ0n) is 15.2. The van der Waals surface area contributed by atoms with E-state index in [1.807, 2.05) is 30.3 Å². The summed E-state index contributed by atoms with van der Waals surface area (Å²) in [6.07, 6.45) is 3.26. The number of nitrogens with one attached hydrogen (secondary N) is 3. The number of benzene rings is 2. The summed E-state index contributed by atoms with van der Waals surface area (Å²) >= 11 is 6.05. The third-order valence-corrected chi connectivity index (χ3v) is 4.81. The number of halogens is 1. The molecule has 28 heavy (non-hydrogen) atoms. The van der Waals surface area contributed by atoms with Crippen LogP contribution in [0.5, 0.6) is 0 Å². The molecule has 0 saturated heterocycles. The minimum absolute atomic E-state index is 0.185. The fourth-order valence-corrected chi connectivity index (χ4v) is 3.60. The van der Waals surface area contributed by atoms with Crippen molar-refractivity contribution in [2.75, 3.05) is 17.5 Å². The van der Waals surface area contributed by atoms with Crippen LogP contribution >= 0.6 is 11.6 Å². The molecule has 146 valence electrons. The summed E-state index contributed by atoms with van der Waals surface area (Å²) in [5.41, 5.74) is 3.64. The second-order valence-corrected chi connectivity index (χ2v) is 8.58. The Hall–Kier alpha value is -2.77. The number of sulfonamides is 1. The summed E-state index contributed by atoms with van der Waals surface area (Å²) in [6, 6.07) is 16.5. The van der Waals surface area contributed by atoms with Gasteiger partial charge in [0.2, 0.25) is 10.0 Å². The van der Waals surface area contributed by atoms with Gasteiger partial charge in [0, 0.05) is 23.5 Å². The predicted molar refractivity (Wildman–Crippen MR) is 112 cm³/mol. The normalized spacial score (nSPS) is 11.2. The highest BCUT2D eigenvalue weighted by molar-refractivity contribution is 7.92. The van der Waals surface area contributed by atoms with Gasteiger partial charge in [0.1, 0.15) is 0 Å². The maximum Gasteiger partial charge on any atom is 0.252 e. The molecule has 6 nitrogen and oxygen atoms in total. The highest BCUT2D eigenvalue weighted by Gasteiger charge is 2.10. The smallest absolute Gasteiger partial charge is 0.252 e. The van der Waals surface area contributed by atoms with E-state index < -0.39 is 10.0 Å². The van der Waals surface area contributed by atoms with Gasteiger partial charge in [0.15, 0.2) is 0 Å². The van der Waals surface area contributed by atoms with E-state index in [4.69, 9.17) is 11.6 Å². The first-order chi connectivity index (χ1) is 13.3. The number of carbonyl (C=O) groups is 1. The zero-order valence-corrected chi connectivity index (χ0v) is 16.8. The second-order valence-electron chi connectivity index (χ2n) is 6.40. The highest BCUT2D eigenvalue weighted by Crippen LogP contribution is 2.21. The topological polar surface area (TPSA) is 91.1 Å². The molecule has 0 spiro atoms. The Kier molecular flexibility index (Phi) is 6.06. The number of aromatic nitrogens is 1. The number of hydrogen-bond acceptors (Lipinski definition) is 3.